The standard InChI is InChI=1S/C16H22N2O/c1-4-18-16(12(3)19-5-2)14-8-6-7-13-9-10-17-11-15(13)14/h6-12,16,18H,4-5H2,1-3H3. The lowest BCUT2D eigenvalue weighted by molar-refractivity contribution is 0.0480. The van der Waals surface area contributed by atoms with Crippen LogP contribution in [0.25, 0.3) is 10.8 Å². The first-order chi connectivity index (χ1) is 9.27. The fourth-order valence-corrected chi connectivity index (χ4v) is 2.52. The van der Waals surface area contributed by atoms with E-state index in [4.69, 9.17) is 4.74 Å². The molecule has 2 rings (SSSR count). The Kier molecular flexibility index (Phi) is 4.88. The average molecular weight is 258 g/mol. The largest absolute Gasteiger partial charge is 0.377 e. The number of hydrogen-bond acceptors (Lipinski definition) is 3. The lowest BCUT2D eigenvalue weighted by atomic mass is 9.97. The Bertz CT molecular complexity index is 522. The number of pyridine rings is 1. The van der Waals surface area contributed by atoms with E-state index in [1.54, 1.807) is 0 Å². The number of benzene rings is 1. The number of hydrogen-bond donors (Lipinski definition) is 1. The highest BCUT2D eigenvalue weighted by molar-refractivity contribution is 5.85. The molecule has 0 spiro atoms. The highest BCUT2D eigenvalue weighted by atomic mass is 16.5. The minimum Gasteiger partial charge on any atom is -0.377 e. The van der Waals surface area contributed by atoms with Crippen molar-refractivity contribution in [2.45, 2.75) is 32.9 Å². The molecule has 0 aliphatic carbocycles. The van der Waals surface area contributed by atoms with Gasteiger partial charge in [-0.25, -0.2) is 0 Å². The van der Waals surface area contributed by atoms with Crippen molar-refractivity contribution in [1.29, 1.82) is 0 Å². The van der Waals surface area contributed by atoms with Crippen molar-refractivity contribution >= 4 is 10.8 Å². The Morgan fingerprint density at radius 2 is 2.11 bits per heavy atom. The van der Waals surface area contributed by atoms with Gasteiger partial charge in [-0.05, 0) is 37.4 Å². The first kappa shape index (κ1) is 14.0. The van der Waals surface area contributed by atoms with Crippen molar-refractivity contribution < 1.29 is 4.74 Å². The molecule has 1 N–H and O–H groups in total. The van der Waals surface area contributed by atoms with Gasteiger partial charge in [0, 0.05) is 24.4 Å². The summed E-state index contributed by atoms with van der Waals surface area (Å²) in [6.45, 7) is 7.91. The molecular formula is C16H22N2O. The number of nitrogens with zero attached hydrogens (tertiary/aromatic N) is 1. The van der Waals surface area contributed by atoms with Crippen molar-refractivity contribution in [3.63, 3.8) is 0 Å². The van der Waals surface area contributed by atoms with Crippen LogP contribution in [0.15, 0.2) is 36.7 Å². The summed E-state index contributed by atoms with van der Waals surface area (Å²) in [5.41, 5.74) is 1.26. The van der Waals surface area contributed by atoms with Gasteiger partial charge >= 0.3 is 0 Å². The Morgan fingerprint density at radius 3 is 2.84 bits per heavy atom. The van der Waals surface area contributed by atoms with Gasteiger partial charge in [-0.2, -0.15) is 0 Å². The van der Waals surface area contributed by atoms with Crippen LogP contribution in [0.5, 0.6) is 0 Å². The Labute approximate surface area is 115 Å². The third-order valence-corrected chi connectivity index (χ3v) is 3.38. The number of rotatable bonds is 6. The van der Waals surface area contributed by atoms with Gasteiger partial charge in [0.15, 0.2) is 0 Å². The number of aromatic nitrogens is 1. The molecule has 3 nitrogen and oxygen atoms in total. The fraction of sp³-hybridized carbons (Fsp3) is 0.438. The molecule has 2 unspecified atom stereocenters. The van der Waals surface area contributed by atoms with E-state index in [0.29, 0.717) is 0 Å². The van der Waals surface area contributed by atoms with Gasteiger partial charge in [-0.3, -0.25) is 4.98 Å². The summed E-state index contributed by atoms with van der Waals surface area (Å²) in [7, 11) is 0. The van der Waals surface area contributed by atoms with Crippen molar-refractivity contribution in [2.75, 3.05) is 13.2 Å². The first-order valence-corrected chi connectivity index (χ1v) is 6.95. The highest BCUT2D eigenvalue weighted by Gasteiger charge is 2.20. The lowest BCUT2D eigenvalue weighted by Crippen LogP contribution is -2.32. The van der Waals surface area contributed by atoms with E-state index in [9.17, 15) is 0 Å². The van der Waals surface area contributed by atoms with Crippen LogP contribution in [-0.4, -0.2) is 24.2 Å². The molecule has 0 aliphatic rings. The monoisotopic (exact) mass is 258 g/mol. The van der Waals surface area contributed by atoms with Crippen LogP contribution >= 0.6 is 0 Å². The van der Waals surface area contributed by atoms with Crippen LogP contribution in [0.4, 0.5) is 0 Å². The lowest BCUT2D eigenvalue weighted by Gasteiger charge is -2.26. The molecule has 0 saturated heterocycles. The summed E-state index contributed by atoms with van der Waals surface area (Å²) < 4.78 is 5.78. The molecule has 1 aromatic heterocycles. The molecule has 0 saturated carbocycles. The quantitative estimate of drug-likeness (QED) is 0.863. The second-order valence-corrected chi connectivity index (χ2v) is 4.64. The molecular weight excluding hydrogens is 236 g/mol. The summed E-state index contributed by atoms with van der Waals surface area (Å²) in [4.78, 5) is 4.25. The van der Waals surface area contributed by atoms with E-state index < -0.39 is 0 Å². The maximum atomic E-state index is 5.78. The van der Waals surface area contributed by atoms with Gasteiger partial charge in [0.2, 0.25) is 0 Å². The van der Waals surface area contributed by atoms with Gasteiger partial charge < -0.3 is 10.1 Å². The van der Waals surface area contributed by atoms with E-state index in [2.05, 4.69) is 42.3 Å². The molecule has 0 amide bonds. The van der Waals surface area contributed by atoms with E-state index in [-0.39, 0.29) is 12.1 Å². The number of likely N-dealkylation sites (N-methyl/N-ethyl adjacent to an activating group) is 1. The summed E-state index contributed by atoms with van der Waals surface area (Å²) in [5.74, 6) is 0. The fourth-order valence-electron chi connectivity index (χ4n) is 2.52. The number of ether oxygens (including phenoxy) is 1. The predicted octanol–water partition coefficient (Wildman–Crippen LogP) is 3.31. The van der Waals surface area contributed by atoms with E-state index in [1.165, 1.54) is 16.3 Å². The maximum absolute atomic E-state index is 5.78. The van der Waals surface area contributed by atoms with E-state index in [1.807, 2.05) is 25.4 Å². The van der Waals surface area contributed by atoms with Gasteiger partial charge in [-0.1, -0.05) is 25.1 Å². The minimum atomic E-state index is 0.135. The zero-order valence-corrected chi connectivity index (χ0v) is 11.9. The second-order valence-electron chi connectivity index (χ2n) is 4.64. The molecule has 102 valence electrons. The SMILES string of the molecule is CCNC(c1cccc2ccncc12)C(C)OCC. The topological polar surface area (TPSA) is 34.2 Å². The van der Waals surface area contributed by atoms with Crippen LogP contribution < -0.4 is 5.32 Å². The first-order valence-electron chi connectivity index (χ1n) is 6.95. The van der Waals surface area contributed by atoms with Crippen LogP contribution in [0.2, 0.25) is 0 Å². The molecule has 0 bridgehead atoms. The van der Waals surface area contributed by atoms with Crippen LogP contribution in [0.3, 0.4) is 0 Å². The van der Waals surface area contributed by atoms with Gasteiger partial charge in [0.25, 0.3) is 0 Å². The molecule has 2 atom stereocenters. The molecule has 1 heterocycles. The maximum Gasteiger partial charge on any atom is 0.0741 e. The molecule has 0 aliphatic heterocycles. The third kappa shape index (κ3) is 3.11. The molecule has 0 fully saturated rings. The zero-order valence-electron chi connectivity index (χ0n) is 11.9. The van der Waals surface area contributed by atoms with Crippen molar-refractivity contribution in [2.24, 2.45) is 0 Å². The predicted molar refractivity (Wildman–Crippen MR) is 79.2 cm³/mol. The highest BCUT2D eigenvalue weighted by Crippen LogP contribution is 2.26. The normalized spacial score (nSPS) is 14.5. The van der Waals surface area contributed by atoms with Gasteiger partial charge in [-0.15, -0.1) is 0 Å². The minimum absolute atomic E-state index is 0.135. The van der Waals surface area contributed by atoms with E-state index >= 15 is 0 Å². The molecule has 1 aromatic carbocycles. The third-order valence-electron chi connectivity index (χ3n) is 3.38. The Balaban J connectivity index is 2.43. The molecule has 2 aromatic rings. The Morgan fingerprint density at radius 1 is 1.26 bits per heavy atom. The zero-order chi connectivity index (χ0) is 13.7. The molecule has 3 heteroatoms. The van der Waals surface area contributed by atoms with Crippen LogP contribution in [0.1, 0.15) is 32.4 Å². The summed E-state index contributed by atoms with van der Waals surface area (Å²) in [6, 6.07) is 8.62. The summed E-state index contributed by atoms with van der Waals surface area (Å²) >= 11 is 0. The van der Waals surface area contributed by atoms with Crippen LogP contribution in [0, 0.1) is 0 Å². The molecule has 19 heavy (non-hydrogen) atoms. The van der Waals surface area contributed by atoms with Crippen molar-refractivity contribution in [1.82, 2.24) is 10.3 Å². The van der Waals surface area contributed by atoms with Crippen molar-refractivity contribution in [3.8, 4) is 0 Å². The second kappa shape index (κ2) is 6.64. The van der Waals surface area contributed by atoms with Crippen molar-refractivity contribution in [3.05, 3.63) is 42.2 Å². The smallest absolute Gasteiger partial charge is 0.0741 e. The number of nitrogens with one attached hydrogen (secondary N) is 1. The molecule has 0 radical (unpaired) electrons. The summed E-state index contributed by atoms with van der Waals surface area (Å²) in [5, 5.41) is 5.94. The Hall–Kier alpha value is -1.45. The average Bonchev–Trinajstić information content (AvgIpc) is 2.44. The van der Waals surface area contributed by atoms with Gasteiger partial charge in [0.05, 0.1) is 12.1 Å². The van der Waals surface area contributed by atoms with Crippen LogP contribution in [-0.2, 0) is 4.74 Å². The van der Waals surface area contributed by atoms with E-state index in [0.717, 1.165) is 13.2 Å². The van der Waals surface area contributed by atoms with Gasteiger partial charge in [0.1, 0.15) is 0 Å². The summed E-state index contributed by atoms with van der Waals surface area (Å²) in [6.07, 6.45) is 3.91. The number of fused-ring (bicyclic) bond motifs is 1.